The number of thiophene rings is 1. The highest BCUT2D eigenvalue weighted by molar-refractivity contribution is 7.16. The molecule has 0 saturated heterocycles. The molecule has 0 bridgehead atoms. The first-order chi connectivity index (χ1) is 11.3. The van der Waals surface area contributed by atoms with Crippen LogP contribution in [0.5, 0.6) is 0 Å². The Morgan fingerprint density at radius 2 is 2.09 bits per heavy atom. The monoisotopic (exact) mass is 320 g/mol. The number of benzene rings is 1. The molecule has 0 atom stereocenters. The average Bonchev–Trinajstić information content (AvgIpc) is 3.05. The summed E-state index contributed by atoms with van der Waals surface area (Å²) in [6.45, 7) is 0. The Kier molecular flexibility index (Phi) is 3.68. The maximum absolute atomic E-state index is 9.53. The zero-order valence-corrected chi connectivity index (χ0v) is 13.5. The summed E-state index contributed by atoms with van der Waals surface area (Å²) in [5.41, 5.74) is 3.92. The normalized spacial score (nSPS) is 14.7. The van der Waals surface area contributed by atoms with E-state index in [2.05, 4.69) is 21.0 Å². The van der Waals surface area contributed by atoms with Gasteiger partial charge in [0.1, 0.15) is 16.9 Å². The zero-order chi connectivity index (χ0) is 15.6. The molecule has 0 spiro atoms. The third-order valence-electron chi connectivity index (χ3n) is 4.23. The number of hydrogen-bond donors (Lipinski definition) is 1. The molecule has 0 unspecified atom stereocenters. The van der Waals surface area contributed by atoms with E-state index in [4.69, 9.17) is 0 Å². The van der Waals surface area contributed by atoms with Gasteiger partial charge in [-0.25, -0.2) is 9.98 Å². The van der Waals surface area contributed by atoms with E-state index in [9.17, 15) is 5.26 Å². The molecule has 114 valence electrons. The van der Waals surface area contributed by atoms with Gasteiger partial charge < -0.3 is 4.98 Å². The number of aromatic amines is 1. The third-order valence-corrected chi connectivity index (χ3v) is 5.43. The quantitative estimate of drug-likeness (QED) is 0.557. The number of aliphatic imine (C=N–C) groups is 1. The Bertz CT molecular complexity index is 893. The van der Waals surface area contributed by atoms with Crippen molar-refractivity contribution in [3.63, 3.8) is 0 Å². The number of para-hydroxylation sites is 2. The van der Waals surface area contributed by atoms with Crippen molar-refractivity contribution in [2.24, 2.45) is 4.99 Å². The largest absolute Gasteiger partial charge is 0.337 e. The molecule has 5 heteroatoms. The van der Waals surface area contributed by atoms with Crippen LogP contribution in [0, 0.1) is 11.3 Å². The summed E-state index contributed by atoms with van der Waals surface area (Å²) in [5, 5.41) is 10.3. The van der Waals surface area contributed by atoms with Crippen molar-refractivity contribution in [2.45, 2.75) is 32.1 Å². The Morgan fingerprint density at radius 1 is 1.22 bits per heavy atom. The minimum atomic E-state index is 0.721. The van der Waals surface area contributed by atoms with Gasteiger partial charge >= 0.3 is 0 Å². The lowest BCUT2D eigenvalue weighted by molar-refractivity contribution is 0.712. The van der Waals surface area contributed by atoms with Crippen molar-refractivity contribution in [1.82, 2.24) is 9.97 Å². The fourth-order valence-corrected chi connectivity index (χ4v) is 4.27. The molecule has 0 amide bonds. The van der Waals surface area contributed by atoms with Gasteiger partial charge in [0.05, 0.1) is 22.8 Å². The van der Waals surface area contributed by atoms with Crippen molar-refractivity contribution in [2.75, 3.05) is 0 Å². The minimum Gasteiger partial charge on any atom is -0.337 e. The van der Waals surface area contributed by atoms with Crippen LogP contribution < -0.4 is 0 Å². The molecule has 1 aliphatic rings. The molecule has 0 fully saturated rings. The standard InChI is InChI=1S/C18H16N4S/c19-10-13-12-6-2-1-3-9-16(12)23-18(13)20-11-17-21-14-7-4-5-8-15(14)22-17/h4-5,7-8,11H,1-3,6,9H2,(H,21,22). The second-order valence-electron chi connectivity index (χ2n) is 5.75. The van der Waals surface area contributed by atoms with E-state index in [-0.39, 0.29) is 0 Å². The fourth-order valence-electron chi connectivity index (χ4n) is 3.09. The highest BCUT2D eigenvalue weighted by Crippen LogP contribution is 2.38. The van der Waals surface area contributed by atoms with E-state index in [0.29, 0.717) is 0 Å². The average molecular weight is 320 g/mol. The van der Waals surface area contributed by atoms with Crippen molar-refractivity contribution in [1.29, 1.82) is 5.26 Å². The van der Waals surface area contributed by atoms with Gasteiger partial charge in [0.2, 0.25) is 0 Å². The molecule has 2 aromatic heterocycles. The molecule has 1 N–H and O–H groups in total. The van der Waals surface area contributed by atoms with Crippen LogP contribution >= 0.6 is 11.3 Å². The van der Waals surface area contributed by atoms with Gasteiger partial charge in [-0.3, -0.25) is 0 Å². The zero-order valence-electron chi connectivity index (χ0n) is 12.7. The number of imidazole rings is 1. The topological polar surface area (TPSA) is 64.8 Å². The highest BCUT2D eigenvalue weighted by atomic mass is 32.1. The summed E-state index contributed by atoms with van der Waals surface area (Å²) in [6, 6.07) is 10.3. The van der Waals surface area contributed by atoms with Gasteiger partial charge in [-0.15, -0.1) is 11.3 Å². The molecule has 0 radical (unpaired) electrons. The Balaban J connectivity index is 1.69. The summed E-state index contributed by atoms with van der Waals surface area (Å²) in [7, 11) is 0. The first kappa shape index (κ1) is 14.2. The molecule has 0 aliphatic heterocycles. The van der Waals surface area contributed by atoms with Gasteiger partial charge in [0.15, 0.2) is 0 Å². The van der Waals surface area contributed by atoms with Crippen LogP contribution in [-0.2, 0) is 12.8 Å². The van der Waals surface area contributed by atoms with E-state index in [1.807, 2.05) is 24.3 Å². The number of H-pyrrole nitrogens is 1. The van der Waals surface area contributed by atoms with Crippen LogP contribution in [-0.4, -0.2) is 16.2 Å². The van der Waals surface area contributed by atoms with Gasteiger partial charge in [-0.2, -0.15) is 5.26 Å². The Hall–Kier alpha value is -2.45. The van der Waals surface area contributed by atoms with E-state index >= 15 is 0 Å². The molecule has 3 aromatic rings. The van der Waals surface area contributed by atoms with E-state index in [1.54, 1.807) is 17.6 Å². The molecule has 4 nitrogen and oxygen atoms in total. The van der Waals surface area contributed by atoms with Gasteiger partial charge in [0.25, 0.3) is 0 Å². The molecule has 4 rings (SSSR count). The molecule has 1 aromatic carbocycles. The lowest BCUT2D eigenvalue weighted by Gasteiger charge is -1.96. The maximum Gasteiger partial charge on any atom is 0.149 e. The van der Waals surface area contributed by atoms with Crippen LogP contribution in [0.3, 0.4) is 0 Å². The van der Waals surface area contributed by atoms with Crippen LogP contribution in [0.25, 0.3) is 11.0 Å². The number of aromatic nitrogens is 2. The van der Waals surface area contributed by atoms with Crippen LogP contribution in [0.4, 0.5) is 5.00 Å². The summed E-state index contributed by atoms with van der Waals surface area (Å²) in [4.78, 5) is 13.6. The second kappa shape index (κ2) is 5.98. The van der Waals surface area contributed by atoms with Gasteiger partial charge in [-0.05, 0) is 43.4 Å². The predicted molar refractivity (Wildman–Crippen MR) is 93.6 cm³/mol. The molecular formula is C18H16N4S. The molecule has 2 heterocycles. The molecule has 23 heavy (non-hydrogen) atoms. The van der Waals surface area contributed by atoms with Crippen molar-refractivity contribution < 1.29 is 0 Å². The van der Waals surface area contributed by atoms with Crippen LogP contribution in [0.15, 0.2) is 29.3 Å². The Morgan fingerprint density at radius 3 is 2.96 bits per heavy atom. The number of nitriles is 1. The number of nitrogens with one attached hydrogen (secondary N) is 1. The van der Waals surface area contributed by atoms with Crippen LogP contribution in [0.2, 0.25) is 0 Å². The van der Waals surface area contributed by atoms with E-state index < -0.39 is 0 Å². The molecule has 1 aliphatic carbocycles. The van der Waals surface area contributed by atoms with E-state index in [1.165, 1.54) is 29.7 Å². The minimum absolute atomic E-state index is 0.721. The van der Waals surface area contributed by atoms with Gasteiger partial charge in [0, 0.05) is 4.88 Å². The third kappa shape index (κ3) is 2.66. The smallest absolute Gasteiger partial charge is 0.149 e. The lowest BCUT2D eigenvalue weighted by atomic mass is 10.1. The lowest BCUT2D eigenvalue weighted by Crippen LogP contribution is -1.87. The first-order valence-electron chi connectivity index (χ1n) is 7.88. The number of hydrogen-bond acceptors (Lipinski definition) is 4. The van der Waals surface area contributed by atoms with Crippen molar-refractivity contribution >= 4 is 33.6 Å². The maximum atomic E-state index is 9.53. The SMILES string of the molecule is N#Cc1c(N=Cc2nc3ccccc3[nH]2)sc2c1CCCCC2. The first-order valence-corrected chi connectivity index (χ1v) is 8.70. The summed E-state index contributed by atoms with van der Waals surface area (Å²) < 4.78 is 0. The fraction of sp³-hybridized carbons (Fsp3) is 0.278. The van der Waals surface area contributed by atoms with E-state index in [0.717, 1.165) is 40.3 Å². The van der Waals surface area contributed by atoms with Crippen LogP contribution in [0.1, 0.15) is 41.1 Å². The highest BCUT2D eigenvalue weighted by Gasteiger charge is 2.19. The summed E-state index contributed by atoms with van der Waals surface area (Å²) in [5.74, 6) is 0.721. The summed E-state index contributed by atoms with van der Waals surface area (Å²) in [6.07, 6.45) is 7.45. The number of rotatable bonds is 2. The number of fused-ring (bicyclic) bond motifs is 2. The van der Waals surface area contributed by atoms with Crippen molar-refractivity contribution in [3.05, 3.63) is 46.1 Å². The number of aryl methyl sites for hydroxylation is 1. The Labute approximate surface area is 138 Å². The molecule has 0 saturated carbocycles. The van der Waals surface area contributed by atoms with Gasteiger partial charge in [-0.1, -0.05) is 18.6 Å². The number of nitrogens with zero attached hydrogens (tertiary/aromatic N) is 3. The molecular weight excluding hydrogens is 304 g/mol. The summed E-state index contributed by atoms with van der Waals surface area (Å²) >= 11 is 1.66. The predicted octanol–water partition coefficient (Wildman–Crippen LogP) is 4.52. The van der Waals surface area contributed by atoms with Crippen molar-refractivity contribution in [3.8, 4) is 6.07 Å². The second-order valence-corrected chi connectivity index (χ2v) is 6.84.